The normalized spacial score (nSPS) is 17.3. The molecule has 47 valence electrons. The van der Waals surface area contributed by atoms with Gasteiger partial charge in [0, 0.05) is 25.1 Å². The highest BCUT2D eigenvalue weighted by Crippen LogP contribution is 2.14. The van der Waals surface area contributed by atoms with Gasteiger partial charge >= 0.3 is 0 Å². The Hall–Kier alpha value is -0.760. The van der Waals surface area contributed by atoms with Gasteiger partial charge in [-0.05, 0) is 6.07 Å². The van der Waals surface area contributed by atoms with Gasteiger partial charge in [0.15, 0.2) is 0 Å². The zero-order valence-corrected chi connectivity index (χ0v) is 5.13. The molecule has 0 amide bonds. The van der Waals surface area contributed by atoms with Crippen LogP contribution in [0.2, 0.25) is 0 Å². The van der Waals surface area contributed by atoms with E-state index in [1.54, 1.807) is 6.26 Å². The lowest BCUT2D eigenvalue weighted by molar-refractivity contribution is 0.472. The first-order valence-electron chi connectivity index (χ1n) is 3.15. The summed E-state index contributed by atoms with van der Waals surface area (Å²) in [4.78, 5) is 0. The van der Waals surface area contributed by atoms with Crippen LogP contribution in [0, 0.1) is 0 Å². The average molecular weight is 122 g/mol. The third-order valence-corrected chi connectivity index (χ3v) is 1.62. The SMILES string of the molecule is c1cc2c(o1)CC[N]C2. The van der Waals surface area contributed by atoms with E-state index in [1.165, 1.54) is 5.56 Å². The molecule has 1 aromatic heterocycles. The summed E-state index contributed by atoms with van der Waals surface area (Å²) in [6, 6.07) is 2.00. The van der Waals surface area contributed by atoms with E-state index in [4.69, 9.17) is 4.42 Å². The van der Waals surface area contributed by atoms with Gasteiger partial charge in [0.2, 0.25) is 0 Å². The predicted octanol–water partition coefficient (Wildman–Crippen LogP) is 0.940. The van der Waals surface area contributed by atoms with Crippen molar-refractivity contribution in [3.05, 3.63) is 23.7 Å². The zero-order chi connectivity index (χ0) is 6.10. The van der Waals surface area contributed by atoms with E-state index in [2.05, 4.69) is 5.32 Å². The molecular formula is C7H8NO. The van der Waals surface area contributed by atoms with Crippen molar-refractivity contribution in [3.8, 4) is 0 Å². The molecule has 9 heavy (non-hydrogen) atoms. The number of furan rings is 1. The molecule has 2 rings (SSSR count). The Morgan fingerprint density at radius 2 is 2.56 bits per heavy atom. The summed E-state index contributed by atoms with van der Waals surface area (Å²) in [5.74, 6) is 1.13. The Labute approximate surface area is 53.9 Å². The van der Waals surface area contributed by atoms with Gasteiger partial charge in [-0.25, -0.2) is 5.32 Å². The Kier molecular flexibility index (Phi) is 1.06. The third kappa shape index (κ3) is 0.754. The summed E-state index contributed by atoms with van der Waals surface area (Å²) in [7, 11) is 0. The summed E-state index contributed by atoms with van der Waals surface area (Å²) in [5, 5.41) is 4.23. The van der Waals surface area contributed by atoms with E-state index in [1.807, 2.05) is 6.07 Å². The van der Waals surface area contributed by atoms with Crippen molar-refractivity contribution in [3.63, 3.8) is 0 Å². The molecule has 2 heterocycles. The fourth-order valence-electron chi connectivity index (χ4n) is 1.11. The number of hydrogen-bond acceptors (Lipinski definition) is 1. The van der Waals surface area contributed by atoms with Crippen molar-refractivity contribution in [2.75, 3.05) is 6.54 Å². The lowest BCUT2D eigenvalue weighted by atomic mass is 10.1. The van der Waals surface area contributed by atoms with Crippen LogP contribution in [-0.2, 0) is 13.0 Å². The molecule has 0 aliphatic carbocycles. The van der Waals surface area contributed by atoms with E-state index in [0.717, 1.165) is 25.3 Å². The molecule has 0 bridgehead atoms. The van der Waals surface area contributed by atoms with Gasteiger partial charge in [-0.2, -0.15) is 0 Å². The number of hydrogen-bond donors (Lipinski definition) is 0. The van der Waals surface area contributed by atoms with Crippen molar-refractivity contribution >= 4 is 0 Å². The molecule has 0 saturated heterocycles. The van der Waals surface area contributed by atoms with Crippen LogP contribution in [0.15, 0.2) is 16.7 Å². The monoisotopic (exact) mass is 122 g/mol. The van der Waals surface area contributed by atoms with Crippen molar-refractivity contribution in [1.82, 2.24) is 5.32 Å². The first kappa shape index (κ1) is 5.06. The van der Waals surface area contributed by atoms with Gasteiger partial charge in [0.25, 0.3) is 0 Å². The molecule has 0 atom stereocenters. The molecule has 1 aliphatic heterocycles. The van der Waals surface area contributed by atoms with Gasteiger partial charge < -0.3 is 4.42 Å². The highest BCUT2D eigenvalue weighted by atomic mass is 16.3. The van der Waals surface area contributed by atoms with Gasteiger partial charge in [-0.15, -0.1) is 0 Å². The highest BCUT2D eigenvalue weighted by Gasteiger charge is 2.10. The van der Waals surface area contributed by atoms with Crippen LogP contribution in [0.3, 0.4) is 0 Å². The largest absolute Gasteiger partial charge is 0.469 e. The number of nitrogens with zero attached hydrogens (tertiary/aromatic N) is 1. The molecule has 2 nitrogen and oxygen atoms in total. The number of rotatable bonds is 0. The van der Waals surface area contributed by atoms with Crippen LogP contribution in [0.1, 0.15) is 11.3 Å². The minimum atomic E-state index is 0.853. The summed E-state index contributed by atoms with van der Waals surface area (Å²) in [6.07, 6.45) is 2.73. The van der Waals surface area contributed by atoms with Crippen LogP contribution in [0.5, 0.6) is 0 Å². The van der Waals surface area contributed by atoms with Crippen molar-refractivity contribution in [2.45, 2.75) is 13.0 Å². The molecule has 1 radical (unpaired) electrons. The second-order valence-electron chi connectivity index (χ2n) is 2.22. The molecular weight excluding hydrogens is 114 g/mol. The molecule has 0 fully saturated rings. The summed E-state index contributed by atoms with van der Waals surface area (Å²) in [6.45, 7) is 1.78. The molecule has 0 spiro atoms. The van der Waals surface area contributed by atoms with Crippen molar-refractivity contribution in [2.24, 2.45) is 0 Å². The Balaban J connectivity index is 2.39. The molecule has 1 aromatic rings. The van der Waals surface area contributed by atoms with Gasteiger partial charge in [-0.1, -0.05) is 0 Å². The number of fused-ring (bicyclic) bond motifs is 1. The Bertz CT molecular complexity index is 184. The molecule has 0 N–H and O–H groups in total. The van der Waals surface area contributed by atoms with Crippen LogP contribution < -0.4 is 5.32 Å². The average Bonchev–Trinajstić information content (AvgIpc) is 2.33. The zero-order valence-electron chi connectivity index (χ0n) is 5.13. The van der Waals surface area contributed by atoms with Crippen LogP contribution >= 0.6 is 0 Å². The lowest BCUT2D eigenvalue weighted by Gasteiger charge is -2.07. The minimum Gasteiger partial charge on any atom is -0.469 e. The Morgan fingerprint density at radius 1 is 1.56 bits per heavy atom. The Morgan fingerprint density at radius 3 is 3.44 bits per heavy atom. The fourth-order valence-corrected chi connectivity index (χ4v) is 1.11. The summed E-state index contributed by atoms with van der Waals surface area (Å²) >= 11 is 0. The second-order valence-corrected chi connectivity index (χ2v) is 2.22. The smallest absolute Gasteiger partial charge is 0.109 e. The maximum atomic E-state index is 5.20. The summed E-state index contributed by atoms with van der Waals surface area (Å²) in [5.41, 5.74) is 1.27. The molecule has 2 heteroatoms. The maximum Gasteiger partial charge on any atom is 0.109 e. The van der Waals surface area contributed by atoms with E-state index in [-0.39, 0.29) is 0 Å². The van der Waals surface area contributed by atoms with Crippen LogP contribution in [0.25, 0.3) is 0 Å². The maximum absolute atomic E-state index is 5.20. The van der Waals surface area contributed by atoms with Crippen LogP contribution in [0.4, 0.5) is 0 Å². The van der Waals surface area contributed by atoms with Gasteiger partial charge in [0.05, 0.1) is 6.26 Å². The molecule has 0 saturated carbocycles. The topological polar surface area (TPSA) is 27.2 Å². The van der Waals surface area contributed by atoms with E-state index in [0.29, 0.717) is 0 Å². The van der Waals surface area contributed by atoms with Crippen molar-refractivity contribution in [1.29, 1.82) is 0 Å². The lowest BCUT2D eigenvalue weighted by Crippen LogP contribution is -2.15. The third-order valence-electron chi connectivity index (χ3n) is 1.62. The van der Waals surface area contributed by atoms with Gasteiger partial charge in [-0.3, -0.25) is 0 Å². The van der Waals surface area contributed by atoms with Crippen LogP contribution in [-0.4, -0.2) is 6.54 Å². The molecule has 1 aliphatic rings. The molecule has 0 unspecified atom stereocenters. The van der Waals surface area contributed by atoms with E-state index >= 15 is 0 Å². The first-order chi connectivity index (χ1) is 4.47. The predicted molar refractivity (Wildman–Crippen MR) is 33.1 cm³/mol. The first-order valence-corrected chi connectivity index (χ1v) is 3.15. The summed E-state index contributed by atoms with van der Waals surface area (Å²) < 4.78 is 5.20. The quantitative estimate of drug-likeness (QED) is 0.503. The fraction of sp³-hybridized carbons (Fsp3) is 0.429. The second kappa shape index (κ2) is 1.88. The van der Waals surface area contributed by atoms with Crippen molar-refractivity contribution < 1.29 is 4.42 Å². The van der Waals surface area contributed by atoms with Gasteiger partial charge in [0.1, 0.15) is 5.76 Å². The highest BCUT2D eigenvalue weighted by molar-refractivity contribution is 5.18. The van der Waals surface area contributed by atoms with E-state index < -0.39 is 0 Å². The van der Waals surface area contributed by atoms with E-state index in [9.17, 15) is 0 Å². The minimum absolute atomic E-state index is 0.853. The molecule has 0 aromatic carbocycles. The standard InChI is InChI=1S/C7H8NO/c1-3-8-5-6-2-4-9-7(1)6/h2,4H,1,3,5H2.